The molecular formula is C19H13Cl3N2O3. The molecular weight excluding hydrogens is 411 g/mol. The number of ether oxygens (including phenoxy) is 2. The summed E-state index contributed by atoms with van der Waals surface area (Å²) in [5.41, 5.74) is 1.70. The fourth-order valence-electron chi connectivity index (χ4n) is 2.37. The van der Waals surface area contributed by atoms with Crippen molar-refractivity contribution < 1.29 is 14.3 Å². The minimum absolute atomic E-state index is 0.0774. The fraction of sp³-hybridized carbons (Fsp3) is 0.105. The third-order valence-electron chi connectivity index (χ3n) is 3.69. The average Bonchev–Trinajstić information content (AvgIpc) is 2.67. The maximum Gasteiger partial charge on any atom is 0.341 e. The number of rotatable bonds is 5. The van der Waals surface area contributed by atoms with Crippen LogP contribution in [-0.4, -0.2) is 23.0 Å². The summed E-state index contributed by atoms with van der Waals surface area (Å²) in [5, 5.41) is 1.55. The zero-order valence-electron chi connectivity index (χ0n) is 14.0. The Kier molecular flexibility index (Phi) is 6.16. The van der Waals surface area contributed by atoms with Crippen molar-refractivity contribution in [3.8, 4) is 6.01 Å². The molecule has 0 fully saturated rings. The third-order valence-corrected chi connectivity index (χ3v) is 4.50. The highest BCUT2D eigenvalue weighted by Gasteiger charge is 2.21. The first kappa shape index (κ1) is 19.4. The molecule has 0 aliphatic rings. The maximum atomic E-state index is 11.5. The minimum Gasteiger partial charge on any atom is -0.465 e. The lowest BCUT2D eigenvalue weighted by Crippen LogP contribution is -2.12. The van der Waals surface area contributed by atoms with Crippen molar-refractivity contribution in [3.05, 3.63) is 86.6 Å². The van der Waals surface area contributed by atoms with Crippen molar-refractivity contribution in [2.75, 3.05) is 7.11 Å². The quantitative estimate of drug-likeness (QED) is 0.515. The van der Waals surface area contributed by atoms with E-state index in [-0.39, 0.29) is 11.6 Å². The Morgan fingerprint density at radius 3 is 2.19 bits per heavy atom. The number of carbonyl (C=O) groups is 1. The first-order chi connectivity index (χ1) is 13.0. The largest absolute Gasteiger partial charge is 0.465 e. The van der Waals surface area contributed by atoms with Gasteiger partial charge in [0.05, 0.1) is 12.7 Å². The van der Waals surface area contributed by atoms with Gasteiger partial charge in [0.15, 0.2) is 6.10 Å². The Morgan fingerprint density at radius 1 is 0.963 bits per heavy atom. The Morgan fingerprint density at radius 2 is 1.59 bits per heavy atom. The van der Waals surface area contributed by atoms with E-state index in [1.165, 1.54) is 19.5 Å². The molecule has 0 bridgehead atoms. The van der Waals surface area contributed by atoms with Gasteiger partial charge < -0.3 is 9.47 Å². The van der Waals surface area contributed by atoms with Crippen LogP contribution < -0.4 is 4.74 Å². The molecule has 8 heteroatoms. The van der Waals surface area contributed by atoms with Crippen LogP contribution in [0.3, 0.4) is 0 Å². The molecule has 0 amide bonds. The molecule has 2 aromatic carbocycles. The Hall–Kier alpha value is -2.34. The molecule has 1 atom stereocenters. The number of hydrogen-bond donors (Lipinski definition) is 0. The van der Waals surface area contributed by atoms with Gasteiger partial charge in [0.1, 0.15) is 0 Å². The van der Waals surface area contributed by atoms with Gasteiger partial charge in [0.25, 0.3) is 0 Å². The molecule has 0 aliphatic heterocycles. The number of esters is 1. The third kappa shape index (κ3) is 4.69. The van der Waals surface area contributed by atoms with E-state index in [2.05, 4.69) is 14.7 Å². The summed E-state index contributed by atoms with van der Waals surface area (Å²) >= 11 is 18.3. The SMILES string of the molecule is COC(=O)c1cnc(OC(c2ccc(Cl)cc2)c2ccc(Cl)cc2Cl)nc1. The monoisotopic (exact) mass is 422 g/mol. The van der Waals surface area contributed by atoms with Crippen molar-refractivity contribution in [2.45, 2.75) is 6.10 Å². The predicted octanol–water partition coefficient (Wildman–Crippen LogP) is 5.39. The molecule has 0 saturated carbocycles. The van der Waals surface area contributed by atoms with Crippen molar-refractivity contribution >= 4 is 40.8 Å². The molecule has 0 saturated heterocycles. The maximum absolute atomic E-state index is 11.5. The van der Waals surface area contributed by atoms with E-state index in [0.29, 0.717) is 20.6 Å². The lowest BCUT2D eigenvalue weighted by Gasteiger charge is -2.20. The molecule has 0 aliphatic carbocycles. The highest BCUT2D eigenvalue weighted by Crippen LogP contribution is 2.33. The summed E-state index contributed by atoms with van der Waals surface area (Å²) in [4.78, 5) is 19.7. The molecule has 5 nitrogen and oxygen atoms in total. The Labute approximate surface area is 170 Å². The van der Waals surface area contributed by atoms with Crippen LogP contribution in [0.2, 0.25) is 15.1 Å². The normalized spacial score (nSPS) is 11.7. The highest BCUT2D eigenvalue weighted by atomic mass is 35.5. The fourth-order valence-corrected chi connectivity index (χ4v) is 3.00. The van der Waals surface area contributed by atoms with E-state index in [1.807, 2.05) is 12.1 Å². The molecule has 1 unspecified atom stereocenters. The van der Waals surface area contributed by atoms with Crippen LogP contribution in [0.25, 0.3) is 0 Å². The van der Waals surface area contributed by atoms with Gasteiger partial charge in [-0.15, -0.1) is 0 Å². The summed E-state index contributed by atoms with van der Waals surface area (Å²) in [6, 6.07) is 12.3. The standard InChI is InChI=1S/C19H13Cl3N2O3/c1-26-18(25)12-9-23-19(24-10-12)27-17(11-2-4-13(20)5-3-11)15-7-6-14(21)8-16(15)22/h2-10,17H,1H3. The Balaban J connectivity index is 1.97. The van der Waals surface area contributed by atoms with Crippen LogP contribution in [0.5, 0.6) is 6.01 Å². The molecule has 138 valence electrons. The average molecular weight is 424 g/mol. The number of aromatic nitrogens is 2. The number of carbonyl (C=O) groups excluding carboxylic acids is 1. The first-order valence-corrected chi connectivity index (χ1v) is 8.88. The molecule has 0 spiro atoms. The van der Waals surface area contributed by atoms with Crippen LogP contribution in [-0.2, 0) is 4.74 Å². The van der Waals surface area contributed by atoms with Crippen molar-refractivity contribution in [1.29, 1.82) is 0 Å². The molecule has 0 N–H and O–H groups in total. The van der Waals surface area contributed by atoms with Gasteiger partial charge in [-0.25, -0.2) is 14.8 Å². The second-order valence-corrected chi connectivity index (χ2v) is 6.74. The summed E-state index contributed by atoms with van der Waals surface area (Å²) < 4.78 is 10.6. The second kappa shape index (κ2) is 8.57. The van der Waals surface area contributed by atoms with E-state index in [4.69, 9.17) is 39.5 Å². The lowest BCUT2D eigenvalue weighted by molar-refractivity contribution is 0.0599. The van der Waals surface area contributed by atoms with Crippen LogP contribution in [0.1, 0.15) is 27.6 Å². The summed E-state index contributed by atoms with van der Waals surface area (Å²) in [6.07, 6.45) is 2.06. The van der Waals surface area contributed by atoms with Gasteiger partial charge in [-0.2, -0.15) is 0 Å². The van der Waals surface area contributed by atoms with E-state index < -0.39 is 12.1 Å². The number of benzene rings is 2. The van der Waals surface area contributed by atoms with E-state index in [9.17, 15) is 4.79 Å². The molecule has 3 rings (SSSR count). The summed E-state index contributed by atoms with van der Waals surface area (Å²) in [7, 11) is 1.28. The molecule has 3 aromatic rings. The van der Waals surface area contributed by atoms with Crippen LogP contribution in [0.15, 0.2) is 54.9 Å². The molecule has 0 radical (unpaired) electrons. The predicted molar refractivity (Wildman–Crippen MR) is 104 cm³/mol. The number of nitrogens with zero attached hydrogens (tertiary/aromatic N) is 2. The van der Waals surface area contributed by atoms with Crippen LogP contribution in [0.4, 0.5) is 0 Å². The van der Waals surface area contributed by atoms with E-state index in [1.54, 1.807) is 30.3 Å². The molecule has 27 heavy (non-hydrogen) atoms. The van der Waals surface area contributed by atoms with Gasteiger partial charge >= 0.3 is 12.0 Å². The molecule has 1 aromatic heterocycles. The smallest absolute Gasteiger partial charge is 0.341 e. The number of hydrogen-bond acceptors (Lipinski definition) is 5. The van der Waals surface area contributed by atoms with Gasteiger partial charge in [-0.1, -0.05) is 53.0 Å². The molecule has 1 heterocycles. The van der Waals surface area contributed by atoms with Crippen molar-refractivity contribution in [1.82, 2.24) is 9.97 Å². The van der Waals surface area contributed by atoms with Crippen LogP contribution in [0, 0.1) is 0 Å². The van der Waals surface area contributed by atoms with Crippen LogP contribution >= 0.6 is 34.8 Å². The second-order valence-electron chi connectivity index (χ2n) is 5.46. The van der Waals surface area contributed by atoms with Gasteiger partial charge in [-0.05, 0) is 29.8 Å². The number of halogens is 3. The van der Waals surface area contributed by atoms with Gasteiger partial charge in [0, 0.05) is 33.0 Å². The van der Waals surface area contributed by atoms with Crippen molar-refractivity contribution in [2.24, 2.45) is 0 Å². The van der Waals surface area contributed by atoms with Gasteiger partial charge in [0.2, 0.25) is 0 Å². The lowest BCUT2D eigenvalue weighted by atomic mass is 10.0. The number of methoxy groups -OCH3 is 1. The topological polar surface area (TPSA) is 61.3 Å². The summed E-state index contributed by atoms with van der Waals surface area (Å²) in [6.45, 7) is 0. The zero-order chi connectivity index (χ0) is 19.4. The highest BCUT2D eigenvalue weighted by molar-refractivity contribution is 6.35. The zero-order valence-corrected chi connectivity index (χ0v) is 16.3. The minimum atomic E-state index is -0.601. The first-order valence-electron chi connectivity index (χ1n) is 7.75. The van der Waals surface area contributed by atoms with Crippen molar-refractivity contribution in [3.63, 3.8) is 0 Å². The Bertz CT molecular complexity index is 947. The summed E-state index contributed by atoms with van der Waals surface area (Å²) in [5.74, 6) is -0.531. The van der Waals surface area contributed by atoms with Gasteiger partial charge in [-0.3, -0.25) is 0 Å². The van der Waals surface area contributed by atoms with E-state index >= 15 is 0 Å². The van der Waals surface area contributed by atoms with E-state index in [0.717, 1.165) is 5.56 Å².